The van der Waals surface area contributed by atoms with Crippen molar-refractivity contribution < 1.29 is 24.2 Å². The Kier molecular flexibility index (Phi) is 10.3. The molecular weight excluding hydrogens is 556 g/mol. The molecule has 0 saturated carbocycles. The van der Waals surface area contributed by atoms with Gasteiger partial charge in [0, 0.05) is 18.7 Å². The van der Waals surface area contributed by atoms with Crippen LogP contribution in [0.5, 0.6) is 0 Å². The number of alkyl carbamates (subject to hydrolysis) is 1. The standard InChI is InChI=1S/C29H34N8O6/c1-2-3-15-31-27-35-24(30)23-25(36-27)37(28(41)34-23)16-18-9-11-20(12-10-18)32-26(40)21(13-14-22(38)39)33-29(42)43-17-19-7-5-4-6-8-19/h4-12,21H,2-3,13-17H2,1H3,(H,32,40)(H,33,42)(H,34,41)(H,38,39)(H3,30,31,35,36)/t21-/m0/s1. The molecule has 7 N–H and O–H groups in total. The number of anilines is 3. The first-order chi connectivity index (χ1) is 20.7. The minimum atomic E-state index is -1.14. The predicted molar refractivity (Wildman–Crippen MR) is 161 cm³/mol. The summed E-state index contributed by atoms with van der Waals surface area (Å²) in [6, 6.07) is 14.6. The fourth-order valence-electron chi connectivity index (χ4n) is 4.20. The average molecular weight is 591 g/mol. The Balaban J connectivity index is 1.41. The summed E-state index contributed by atoms with van der Waals surface area (Å²) in [5.74, 6) is -1.22. The van der Waals surface area contributed by atoms with Gasteiger partial charge >= 0.3 is 17.8 Å². The van der Waals surface area contributed by atoms with Gasteiger partial charge in [-0.2, -0.15) is 9.97 Å². The highest BCUT2D eigenvalue weighted by molar-refractivity contribution is 5.96. The molecule has 0 fully saturated rings. The Morgan fingerprint density at radius 1 is 1.07 bits per heavy atom. The van der Waals surface area contributed by atoms with Crippen molar-refractivity contribution in [1.29, 1.82) is 0 Å². The number of carboxylic acid groups (broad SMARTS) is 1. The zero-order chi connectivity index (χ0) is 30.8. The Morgan fingerprint density at radius 3 is 2.51 bits per heavy atom. The van der Waals surface area contributed by atoms with Crippen molar-refractivity contribution in [3.8, 4) is 0 Å². The van der Waals surface area contributed by atoms with E-state index in [4.69, 9.17) is 15.6 Å². The molecule has 0 bridgehead atoms. The molecule has 2 heterocycles. The molecular formula is C29H34N8O6. The van der Waals surface area contributed by atoms with Crippen molar-refractivity contribution in [2.24, 2.45) is 0 Å². The molecule has 0 aliphatic carbocycles. The number of carbonyl (C=O) groups excluding carboxylic acids is 2. The molecule has 4 aromatic rings. The number of carbonyl (C=O) groups is 3. The van der Waals surface area contributed by atoms with E-state index >= 15 is 0 Å². The number of fused-ring (bicyclic) bond motifs is 1. The Morgan fingerprint density at radius 2 is 1.81 bits per heavy atom. The van der Waals surface area contributed by atoms with Gasteiger partial charge in [-0.15, -0.1) is 0 Å². The summed E-state index contributed by atoms with van der Waals surface area (Å²) < 4.78 is 6.63. The first-order valence-corrected chi connectivity index (χ1v) is 13.8. The molecule has 0 unspecified atom stereocenters. The number of hydrogen-bond donors (Lipinski definition) is 6. The number of H-pyrrole nitrogens is 1. The lowest BCUT2D eigenvalue weighted by atomic mass is 10.1. The first-order valence-electron chi connectivity index (χ1n) is 13.8. The Bertz CT molecular complexity index is 1620. The number of amides is 2. The van der Waals surface area contributed by atoms with Crippen molar-refractivity contribution in [3.63, 3.8) is 0 Å². The Labute approximate surface area is 246 Å². The number of benzene rings is 2. The molecule has 14 nitrogen and oxygen atoms in total. The van der Waals surface area contributed by atoms with E-state index in [9.17, 15) is 19.2 Å². The second-order valence-electron chi connectivity index (χ2n) is 9.80. The minimum Gasteiger partial charge on any atom is -0.481 e. The number of nitrogens with one attached hydrogen (secondary N) is 4. The number of aromatic amines is 1. The van der Waals surface area contributed by atoms with Crippen LogP contribution in [-0.2, 0) is 27.5 Å². The molecule has 0 spiro atoms. The van der Waals surface area contributed by atoms with Crippen molar-refractivity contribution in [3.05, 3.63) is 76.2 Å². The van der Waals surface area contributed by atoms with E-state index < -0.39 is 29.7 Å². The largest absolute Gasteiger partial charge is 0.481 e. The van der Waals surface area contributed by atoms with Crippen LogP contribution in [0.15, 0.2) is 59.4 Å². The van der Waals surface area contributed by atoms with Crippen LogP contribution in [0.25, 0.3) is 11.2 Å². The third-order valence-corrected chi connectivity index (χ3v) is 6.49. The zero-order valence-corrected chi connectivity index (χ0v) is 23.6. The number of ether oxygens (including phenoxy) is 1. The summed E-state index contributed by atoms with van der Waals surface area (Å²) in [4.78, 5) is 60.5. The van der Waals surface area contributed by atoms with Gasteiger partial charge in [-0.3, -0.25) is 14.2 Å². The van der Waals surface area contributed by atoms with Gasteiger partial charge in [0.1, 0.15) is 18.2 Å². The SMILES string of the molecule is CCCCNc1nc(N)c2[nH]c(=O)n(Cc3ccc(NC(=O)[C@H](CCC(=O)O)NC(=O)OCc4ccccc4)cc3)c2n1. The van der Waals surface area contributed by atoms with Crippen LogP contribution >= 0.6 is 0 Å². The van der Waals surface area contributed by atoms with Crippen molar-refractivity contribution >= 4 is 46.6 Å². The van der Waals surface area contributed by atoms with E-state index in [1.54, 1.807) is 48.5 Å². The van der Waals surface area contributed by atoms with Crippen molar-refractivity contribution in [2.75, 3.05) is 22.9 Å². The smallest absolute Gasteiger partial charge is 0.408 e. The number of nitrogen functional groups attached to an aromatic ring is 1. The fraction of sp³-hybridized carbons (Fsp3) is 0.310. The lowest BCUT2D eigenvalue weighted by Crippen LogP contribution is -2.44. The highest BCUT2D eigenvalue weighted by Gasteiger charge is 2.23. The predicted octanol–water partition coefficient (Wildman–Crippen LogP) is 3.06. The van der Waals surface area contributed by atoms with Crippen LogP contribution in [0.3, 0.4) is 0 Å². The molecule has 2 aromatic carbocycles. The number of carboxylic acids is 1. The number of nitrogens with two attached hydrogens (primary N) is 1. The van der Waals surface area contributed by atoms with Gasteiger partial charge in [-0.1, -0.05) is 55.8 Å². The molecule has 43 heavy (non-hydrogen) atoms. The molecule has 0 aliphatic heterocycles. The number of rotatable bonds is 14. The highest BCUT2D eigenvalue weighted by atomic mass is 16.5. The summed E-state index contributed by atoms with van der Waals surface area (Å²) in [6.45, 7) is 2.91. The van der Waals surface area contributed by atoms with E-state index in [0.29, 0.717) is 29.3 Å². The third-order valence-electron chi connectivity index (χ3n) is 6.49. The maximum Gasteiger partial charge on any atom is 0.408 e. The van der Waals surface area contributed by atoms with Crippen molar-refractivity contribution in [2.45, 2.75) is 51.8 Å². The van der Waals surface area contributed by atoms with Gasteiger partial charge < -0.3 is 36.5 Å². The molecule has 0 aliphatic rings. The summed E-state index contributed by atoms with van der Waals surface area (Å²) in [5.41, 5.74) is 8.28. The quantitative estimate of drug-likeness (QED) is 0.118. The van der Waals surface area contributed by atoms with Crippen LogP contribution in [0.2, 0.25) is 0 Å². The second kappa shape index (κ2) is 14.5. The van der Waals surface area contributed by atoms with Gasteiger partial charge in [0.25, 0.3) is 0 Å². The maximum atomic E-state index is 13.0. The van der Waals surface area contributed by atoms with E-state index in [2.05, 4.69) is 37.8 Å². The maximum absolute atomic E-state index is 13.0. The number of imidazole rings is 1. The van der Waals surface area contributed by atoms with Crippen LogP contribution in [0.4, 0.5) is 22.2 Å². The van der Waals surface area contributed by atoms with Crippen LogP contribution in [-0.4, -0.2) is 55.2 Å². The Hall–Kier alpha value is -5.40. The lowest BCUT2D eigenvalue weighted by molar-refractivity contribution is -0.137. The third kappa shape index (κ3) is 8.55. The monoisotopic (exact) mass is 590 g/mol. The molecule has 226 valence electrons. The van der Waals surface area contributed by atoms with Crippen molar-refractivity contribution in [1.82, 2.24) is 24.8 Å². The van der Waals surface area contributed by atoms with Gasteiger partial charge in [0.15, 0.2) is 11.5 Å². The fourth-order valence-corrected chi connectivity index (χ4v) is 4.20. The minimum absolute atomic E-state index is 0.00374. The normalized spacial score (nSPS) is 11.6. The van der Waals surface area contributed by atoms with Gasteiger partial charge in [0.2, 0.25) is 11.9 Å². The zero-order valence-electron chi connectivity index (χ0n) is 23.6. The van der Waals surface area contributed by atoms with Gasteiger partial charge in [-0.05, 0) is 36.1 Å². The summed E-state index contributed by atoms with van der Waals surface area (Å²) in [5, 5.41) is 17.4. The summed E-state index contributed by atoms with van der Waals surface area (Å²) in [7, 11) is 0. The lowest BCUT2D eigenvalue weighted by Gasteiger charge is -2.18. The highest BCUT2D eigenvalue weighted by Crippen LogP contribution is 2.18. The molecule has 14 heteroatoms. The van der Waals surface area contributed by atoms with E-state index in [1.165, 1.54) is 4.57 Å². The molecule has 2 amide bonds. The number of nitrogens with zero attached hydrogens (tertiary/aromatic N) is 3. The second-order valence-corrected chi connectivity index (χ2v) is 9.80. The molecule has 1 atom stereocenters. The van der Waals surface area contributed by atoms with Crippen LogP contribution in [0.1, 0.15) is 43.7 Å². The van der Waals surface area contributed by atoms with E-state index in [0.717, 1.165) is 24.0 Å². The topological polar surface area (TPSA) is 206 Å². The molecule has 0 saturated heterocycles. The number of hydrogen-bond acceptors (Lipinski definition) is 9. The van der Waals surface area contributed by atoms with E-state index in [-0.39, 0.29) is 31.8 Å². The van der Waals surface area contributed by atoms with Crippen LogP contribution < -0.4 is 27.4 Å². The molecule has 2 aromatic heterocycles. The number of aliphatic carboxylic acids is 1. The molecule has 4 rings (SSSR count). The summed E-state index contributed by atoms with van der Waals surface area (Å²) >= 11 is 0. The number of aromatic nitrogens is 4. The van der Waals surface area contributed by atoms with Gasteiger partial charge in [-0.25, -0.2) is 9.59 Å². The summed E-state index contributed by atoms with van der Waals surface area (Å²) in [6.07, 6.45) is 0.611. The first kappa shape index (κ1) is 30.6. The van der Waals surface area contributed by atoms with Crippen LogP contribution in [0, 0.1) is 0 Å². The van der Waals surface area contributed by atoms with E-state index in [1.807, 2.05) is 6.07 Å². The average Bonchev–Trinajstić information content (AvgIpc) is 3.30. The molecule has 0 radical (unpaired) electrons. The number of unbranched alkanes of at least 4 members (excludes halogenated alkanes) is 1. The van der Waals surface area contributed by atoms with Gasteiger partial charge in [0.05, 0.1) is 6.54 Å².